The van der Waals surface area contributed by atoms with Crippen LogP contribution < -0.4 is 4.90 Å². The standard InChI is InChI=1S/C20H22N2O2/c1-20(2)17-11-7-8-12-18(17)21(3)19(20)13-16(14-22(23)24)15-9-5-4-6-10-15/h4-13,16H,14H2,1-3H3/b19-13+. The molecule has 0 saturated carbocycles. The topological polar surface area (TPSA) is 46.4 Å². The highest BCUT2D eigenvalue weighted by Gasteiger charge is 2.38. The zero-order chi connectivity index (χ0) is 17.3. The molecule has 1 atom stereocenters. The van der Waals surface area contributed by atoms with Crippen LogP contribution in [0.2, 0.25) is 0 Å². The van der Waals surface area contributed by atoms with Crippen LogP contribution in [0.1, 0.15) is 30.9 Å². The molecule has 0 aromatic heterocycles. The molecular weight excluding hydrogens is 300 g/mol. The van der Waals surface area contributed by atoms with E-state index in [0.717, 1.165) is 11.3 Å². The monoisotopic (exact) mass is 322 g/mol. The smallest absolute Gasteiger partial charge is 0.214 e. The SMILES string of the molecule is CN1/C(=C/C(C[N+](=O)[O-])c2ccccc2)C(C)(C)c2ccccc21. The zero-order valence-electron chi connectivity index (χ0n) is 14.3. The normalized spacial score (nSPS) is 18.5. The fraction of sp³-hybridized carbons (Fsp3) is 0.300. The molecule has 24 heavy (non-hydrogen) atoms. The van der Waals surface area contributed by atoms with E-state index in [1.807, 2.05) is 49.5 Å². The second kappa shape index (κ2) is 6.11. The molecule has 4 nitrogen and oxygen atoms in total. The number of rotatable bonds is 4. The summed E-state index contributed by atoms with van der Waals surface area (Å²) < 4.78 is 0. The van der Waals surface area contributed by atoms with E-state index >= 15 is 0 Å². The van der Waals surface area contributed by atoms with Crippen LogP contribution >= 0.6 is 0 Å². The van der Waals surface area contributed by atoms with E-state index in [1.165, 1.54) is 11.3 Å². The van der Waals surface area contributed by atoms with E-state index < -0.39 is 0 Å². The summed E-state index contributed by atoms with van der Waals surface area (Å²) in [6.07, 6.45) is 2.07. The summed E-state index contributed by atoms with van der Waals surface area (Å²) >= 11 is 0. The number of hydrogen-bond acceptors (Lipinski definition) is 3. The molecule has 2 aromatic carbocycles. The quantitative estimate of drug-likeness (QED) is 0.621. The Bertz CT molecular complexity index is 781. The van der Waals surface area contributed by atoms with Crippen molar-refractivity contribution in [3.63, 3.8) is 0 Å². The first kappa shape index (κ1) is 16.2. The van der Waals surface area contributed by atoms with Crippen LogP contribution in [-0.4, -0.2) is 18.5 Å². The summed E-state index contributed by atoms with van der Waals surface area (Å²) in [5, 5.41) is 11.2. The highest BCUT2D eigenvalue weighted by Crippen LogP contribution is 2.47. The van der Waals surface area contributed by atoms with Crippen LogP contribution in [0.15, 0.2) is 66.4 Å². The van der Waals surface area contributed by atoms with Crippen LogP contribution in [-0.2, 0) is 5.41 Å². The largest absolute Gasteiger partial charge is 0.347 e. The van der Waals surface area contributed by atoms with Crippen molar-refractivity contribution in [2.75, 3.05) is 18.5 Å². The van der Waals surface area contributed by atoms with Gasteiger partial charge in [-0.15, -0.1) is 0 Å². The lowest BCUT2D eigenvalue weighted by molar-refractivity contribution is -0.481. The first-order valence-electron chi connectivity index (χ1n) is 8.13. The van der Waals surface area contributed by atoms with Gasteiger partial charge < -0.3 is 4.90 Å². The second-order valence-corrected chi connectivity index (χ2v) is 6.79. The third-order valence-electron chi connectivity index (χ3n) is 4.87. The molecule has 0 saturated heterocycles. The molecule has 0 N–H and O–H groups in total. The van der Waals surface area contributed by atoms with Crippen molar-refractivity contribution < 1.29 is 4.92 Å². The van der Waals surface area contributed by atoms with Crippen LogP contribution in [0.5, 0.6) is 0 Å². The minimum atomic E-state index is -0.243. The van der Waals surface area contributed by atoms with Gasteiger partial charge in [-0.25, -0.2) is 0 Å². The predicted octanol–water partition coefficient (Wildman–Crippen LogP) is 4.36. The Morgan fingerprint density at radius 3 is 2.38 bits per heavy atom. The van der Waals surface area contributed by atoms with Gasteiger partial charge in [-0.2, -0.15) is 0 Å². The third-order valence-corrected chi connectivity index (χ3v) is 4.87. The van der Waals surface area contributed by atoms with E-state index in [-0.39, 0.29) is 22.8 Å². The molecule has 0 bridgehead atoms. The number of para-hydroxylation sites is 1. The average molecular weight is 322 g/mol. The minimum Gasteiger partial charge on any atom is -0.347 e. The van der Waals surface area contributed by atoms with Gasteiger partial charge in [0.05, 0.1) is 5.92 Å². The van der Waals surface area contributed by atoms with Gasteiger partial charge in [-0.1, -0.05) is 68.5 Å². The summed E-state index contributed by atoms with van der Waals surface area (Å²) in [5.74, 6) is -0.243. The molecule has 1 aliphatic rings. The van der Waals surface area contributed by atoms with Gasteiger partial charge in [0.15, 0.2) is 0 Å². The minimum absolute atomic E-state index is 0.103. The van der Waals surface area contributed by atoms with Crippen molar-refractivity contribution in [1.29, 1.82) is 0 Å². The predicted molar refractivity (Wildman–Crippen MR) is 97.0 cm³/mol. The lowest BCUT2D eigenvalue weighted by Crippen LogP contribution is -2.24. The number of nitro groups is 1. The molecular formula is C20H22N2O2. The molecule has 2 aromatic rings. The van der Waals surface area contributed by atoms with Crippen LogP contribution in [0.3, 0.4) is 0 Å². The Balaban J connectivity index is 2.06. The number of likely N-dealkylation sites (N-methyl/N-ethyl adjacent to an activating group) is 1. The number of benzene rings is 2. The van der Waals surface area contributed by atoms with Crippen molar-refractivity contribution in [1.82, 2.24) is 0 Å². The Hall–Kier alpha value is -2.62. The molecule has 0 amide bonds. The lowest BCUT2D eigenvalue weighted by Gasteiger charge is -2.26. The van der Waals surface area contributed by atoms with E-state index in [0.29, 0.717) is 0 Å². The molecule has 1 unspecified atom stereocenters. The molecule has 0 spiro atoms. The van der Waals surface area contributed by atoms with Crippen LogP contribution in [0.4, 0.5) is 5.69 Å². The summed E-state index contributed by atoms with van der Waals surface area (Å²) in [4.78, 5) is 13.1. The first-order chi connectivity index (χ1) is 11.4. The first-order valence-corrected chi connectivity index (χ1v) is 8.13. The number of fused-ring (bicyclic) bond motifs is 1. The van der Waals surface area contributed by atoms with E-state index in [4.69, 9.17) is 0 Å². The van der Waals surface area contributed by atoms with Gasteiger partial charge in [-0.3, -0.25) is 10.1 Å². The molecule has 1 aliphatic heterocycles. The van der Waals surface area contributed by atoms with Crippen molar-refractivity contribution in [2.24, 2.45) is 0 Å². The van der Waals surface area contributed by atoms with Gasteiger partial charge in [0.2, 0.25) is 6.54 Å². The van der Waals surface area contributed by atoms with E-state index in [1.54, 1.807) is 0 Å². The lowest BCUT2D eigenvalue weighted by atomic mass is 9.82. The molecule has 3 rings (SSSR count). The number of allylic oxidation sites excluding steroid dienone is 1. The number of anilines is 1. The molecule has 1 heterocycles. The summed E-state index contributed by atoms with van der Waals surface area (Å²) in [6, 6.07) is 18.0. The zero-order valence-corrected chi connectivity index (χ0v) is 14.3. The fourth-order valence-electron chi connectivity index (χ4n) is 3.61. The van der Waals surface area contributed by atoms with Gasteiger partial charge in [0.1, 0.15) is 0 Å². The molecule has 4 heteroatoms. The van der Waals surface area contributed by atoms with Gasteiger partial charge in [0.25, 0.3) is 0 Å². The Morgan fingerprint density at radius 1 is 1.12 bits per heavy atom. The van der Waals surface area contributed by atoms with Gasteiger partial charge in [0, 0.05) is 28.8 Å². The van der Waals surface area contributed by atoms with Gasteiger partial charge >= 0.3 is 0 Å². The summed E-state index contributed by atoms with van der Waals surface area (Å²) in [5.41, 5.74) is 4.34. The van der Waals surface area contributed by atoms with Gasteiger partial charge in [-0.05, 0) is 17.2 Å². The average Bonchev–Trinajstić information content (AvgIpc) is 2.76. The van der Waals surface area contributed by atoms with E-state index in [2.05, 4.69) is 37.0 Å². The Labute approximate surface area is 142 Å². The number of nitrogens with zero attached hydrogens (tertiary/aromatic N) is 2. The Morgan fingerprint density at radius 2 is 1.75 bits per heavy atom. The molecule has 124 valence electrons. The molecule has 0 fully saturated rings. The van der Waals surface area contributed by atoms with E-state index in [9.17, 15) is 10.1 Å². The third kappa shape index (κ3) is 2.80. The highest BCUT2D eigenvalue weighted by molar-refractivity contribution is 5.69. The molecule has 0 aliphatic carbocycles. The maximum Gasteiger partial charge on any atom is 0.214 e. The Kier molecular flexibility index (Phi) is 4.14. The van der Waals surface area contributed by atoms with Crippen LogP contribution in [0, 0.1) is 10.1 Å². The maximum absolute atomic E-state index is 11.2. The van der Waals surface area contributed by atoms with Crippen LogP contribution in [0.25, 0.3) is 0 Å². The summed E-state index contributed by atoms with van der Waals surface area (Å²) in [6.45, 7) is 4.25. The number of hydrogen-bond donors (Lipinski definition) is 0. The second-order valence-electron chi connectivity index (χ2n) is 6.79. The highest BCUT2D eigenvalue weighted by atomic mass is 16.6. The van der Waals surface area contributed by atoms with Crippen molar-refractivity contribution in [3.8, 4) is 0 Å². The maximum atomic E-state index is 11.2. The summed E-state index contributed by atoms with van der Waals surface area (Å²) in [7, 11) is 2.04. The van der Waals surface area contributed by atoms with Crippen molar-refractivity contribution in [3.05, 3.63) is 87.6 Å². The van der Waals surface area contributed by atoms with Crippen molar-refractivity contribution >= 4 is 5.69 Å². The van der Waals surface area contributed by atoms with Crippen molar-refractivity contribution in [2.45, 2.75) is 25.2 Å². The fourth-order valence-corrected chi connectivity index (χ4v) is 3.61. The molecule has 0 radical (unpaired) electrons.